The van der Waals surface area contributed by atoms with Crippen LogP contribution < -0.4 is 5.32 Å². The molecule has 0 amide bonds. The zero-order valence-electron chi connectivity index (χ0n) is 12.0. The molecule has 1 aromatic carbocycles. The Kier molecular flexibility index (Phi) is 5.60. The number of hydrogen-bond acceptors (Lipinski definition) is 5. The molecule has 0 aromatic heterocycles. The number of morpholine rings is 1. The van der Waals surface area contributed by atoms with E-state index in [1.165, 1.54) is 12.1 Å². The lowest BCUT2D eigenvalue weighted by atomic mass is 10.1. The van der Waals surface area contributed by atoms with E-state index < -0.39 is 10.7 Å². The number of nitrogens with one attached hydrogen (secondary N) is 1. The predicted molar refractivity (Wildman–Crippen MR) is 76.6 cm³/mol. The van der Waals surface area contributed by atoms with Gasteiger partial charge in [-0.05, 0) is 19.1 Å². The normalized spacial score (nSPS) is 17.6. The molecule has 1 atom stereocenters. The lowest BCUT2D eigenvalue weighted by molar-refractivity contribution is -0.385. The second-order valence-corrected chi connectivity index (χ2v) is 5.23. The molecule has 1 aliphatic heterocycles. The van der Waals surface area contributed by atoms with Gasteiger partial charge in [-0.15, -0.1) is 0 Å². The summed E-state index contributed by atoms with van der Waals surface area (Å²) in [6.07, 6.45) is 0. The molecule has 1 saturated heterocycles. The van der Waals surface area contributed by atoms with Gasteiger partial charge in [-0.2, -0.15) is 0 Å². The van der Waals surface area contributed by atoms with E-state index in [4.69, 9.17) is 4.74 Å². The molecule has 1 fully saturated rings. The highest BCUT2D eigenvalue weighted by atomic mass is 19.1. The van der Waals surface area contributed by atoms with Gasteiger partial charge < -0.3 is 10.1 Å². The van der Waals surface area contributed by atoms with E-state index in [-0.39, 0.29) is 18.3 Å². The van der Waals surface area contributed by atoms with E-state index >= 15 is 0 Å². The molecule has 7 heteroatoms. The number of benzene rings is 1. The molecule has 0 saturated carbocycles. The molecule has 1 aromatic rings. The summed E-state index contributed by atoms with van der Waals surface area (Å²) in [4.78, 5) is 12.7. The van der Waals surface area contributed by atoms with E-state index in [0.717, 1.165) is 38.9 Å². The first-order chi connectivity index (χ1) is 10.1. The van der Waals surface area contributed by atoms with Gasteiger partial charge >= 0.3 is 0 Å². The van der Waals surface area contributed by atoms with Crippen molar-refractivity contribution in [2.45, 2.75) is 19.5 Å². The van der Waals surface area contributed by atoms with Gasteiger partial charge in [-0.25, -0.2) is 4.39 Å². The first kappa shape index (κ1) is 15.8. The smallest absolute Gasteiger partial charge is 0.274 e. The van der Waals surface area contributed by atoms with Crippen LogP contribution in [0, 0.1) is 15.9 Å². The molecule has 1 unspecified atom stereocenters. The number of ether oxygens (including phenoxy) is 1. The Bertz CT molecular complexity index is 492. The van der Waals surface area contributed by atoms with Gasteiger partial charge in [0.25, 0.3) is 5.69 Å². The lowest BCUT2D eigenvalue weighted by Crippen LogP contribution is -2.44. The third-order valence-corrected chi connectivity index (χ3v) is 3.51. The topological polar surface area (TPSA) is 67.6 Å². The Hall–Kier alpha value is -1.57. The second kappa shape index (κ2) is 7.44. The van der Waals surface area contributed by atoms with Crippen LogP contribution >= 0.6 is 0 Å². The Morgan fingerprint density at radius 1 is 1.48 bits per heavy atom. The Morgan fingerprint density at radius 3 is 2.86 bits per heavy atom. The van der Waals surface area contributed by atoms with Crippen LogP contribution in [0.5, 0.6) is 0 Å². The zero-order valence-corrected chi connectivity index (χ0v) is 12.0. The number of rotatable bonds is 6. The molecule has 116 valence electrons. The molecular weight excluding hydrogens is 277 g/mol. The fourth-order valence-corrected chi connectivity index (χ4v) is 2.39. The largest absolute Gasteiger partial charge is 0.379 e. The fraction of sp³-hybridized carbons (Fsp3) is 0.571. The van der Waals surface area contributed by atoms with Crippen LogP contribution in [0.2, 0.25) is 0 Å². The molecule has 0 radical (unpaired) electrons. The Morgan fingerprint density at radius 2 is 2.19 bits per heavy atom. The van der Waals surface area contributed by atoms with E-state index in [2.05, 4.69) is 10.2 Å². The standard InChI is InChI=1S/C14H20FN3O3/c1-11(10-17-4-6-21-7-5-17)16-9-12-8-13(15)2-3-14(12)18(19)20/h2-3,8,11,16H,4-7,9-10H2,1H3. The summed E-state index contributed by atoms with van der Waals surface area (Å²) in [5, 5.41) is 14.1. The predicted octanol–water partition coefficient (Wildman–Crippen LogP) is 1.54. The van der Waals surface area contributed by atoms with Crippen LogP contribution in [-0.4, -0.2) is 48.7 Å². The van der Waals surface area contributed by atoms with E-state index in [0.29, 0.717) is 5.56 Å². The first-order valence-electron chi connectivity index (χ1n) is 7.02. The van der Waals surface area contributed by atoms with Gasteiger partial charge in [-0.3, -0.25) is 15.0 Å². The van der Waals surface area contributed by atoms with Gasteiger partial charge in [-0.1, -0.05) is 0 Å². The second-order valence-electron chi connectivity index (χ2n) is 5.23. The SMILES string of the molecule is CC(CN1CCOCC1)NCc1cc(F)ccc1[N+](=O)[O-]. The Labute approximate surface area is 123 Å². The molecule has 6 nitrogen and oxygen atoms in total. The van der Waals surface area contributed by atoms with E-state index in [9.17, 15) is 14.5 Å². The van der Waals surface area contributed by atoms with Crippen molar-refractivity contribution < 1.29 is 14.1 Å². The molecule has 0 spiro atoms. The van der Waals surface area contributed by atoms with Crippen molar-refractivity contribution in [2.24, 2.45) is 0 Å². The zero-order chi connectivity index (χ0) is 15.2. The molecular formula is C14H20FN3O3. The monoisotopic (exact) mass is 297 g/mol. The summed E-state index contributed by atoms with van der Waals surface area (Å²) in [6, 6.07) is 3.69. The van der Waals surface area contributed by atoms with Crippen LogP contribution in [0.25, 0.3) is 0 Å². The van der Waals surface area contributed by atoms with Gasteiger partial charge in [0, 0.05) is 43.9 Å². The highest BCUT2D eigenvalue weighted by Crippen LogP contribution is 2.19. The molecule has 1 aliphatic rings. The highest BCUT2D eigenvalue weighted by molar-refractivity contribution is 5.40. The van der Waals surface area contributed by atoms with Crippen LogP contribution in [-0.2, 0) is 11.3 Å². The number of halogens is 1. The maximum atomic E-state index is 13.2. The lowest BCUT2D eigenvalue weighted by Gasteiger charge is -2.29. The van der Waals surface area contributed by atoms with Crippen molar-refractivity contribution in [1.29, 1.82) is 0 Å². The first-order valence-corrected chi connectivity index (χ1v) is 7.02. The quantitative estimate of drug-likeness (QED) is 0.637. The third-order valence-electron chi connectivity index (χ3n) is 3.51. The minimum absolute atomic E-state index is 0.0533. The van der Waals surface area contributed by atoms with Crippen LogP contribution in [0.4, 0.5) is 10.1 Å². The summed E-state index contributed by atoms with van der Waals surface area (Å²) in [7, 11) is 0. The maximum absolute atomic E-state index is 13.2. The molecule has 1 N–H and O–H groups in total. The summed E-state index contributed by atoms with van der Waals surface area (Å²) < 4.78 is 18.5. The summed E-state index contributed by atoms with van der Waals surface area (Å²) in [6.45, 7) is 6.40. The summed E-state index contributed by atoms with van der Waals surface area (Å²) >= 11 is 0. The minimum atomic E-state index is -0.483. The van der Waals surface area contributed by atoms with E-state index in [1.54, 1.807) is 0 Å². The highest BCUT2D eigenvalue weighted by Gasteiger charge is 2.17. The molecule has 1 heterocycles. The van der Waals surface area contributed by atoms with Crippen molar-refractivity contribution >= 4 is 5.69 Å². The van der Waals surface area contributed by atoms with Gasteiger partial charge in [0.2, 0.25) is 0 Å². The van der Waals surface area contributed by atoms with Gasteiger partial charge in [0.15, 0.2) is 0 Å². The van der Waals surface area contributed by atoms with Crippen molar-refractivity contribution in [3.63, 3.8) is 0 Å². The van der Waals surface area contributed by atoms with Crippen molar-refractivity contribution in [3.8, 4) is 0 Å². The molecule has 2 rings (SSSR count). The fourth-order valence-electron chi connectivity index (χ4n) is 2.39. The minimum Gasteiger partial charge on any atom is -0.379 e. The maximum Gasteiger partial charge on any atom is 0.274 e. The number of nitrogens with zero attached hydrogens (tertiary/aromatic N) is 2. The average molecular weight is 297 g/mol. The Balaban J connectivity index is 1.89. The number of nitro groups is 1. The van der Waals surface area contributed by atoms with Crippen molar-refractivity contribution in [1.82, 2.24) is 10.2 Å². The number of hydrogen-bond donors (Lipinski definition) is 1. The van der Waals surface area contributed by atoms with Crippen LogP contribution in [0.15, 0.2) is 18.2 Å². The third kappa shape index (κ3) is 4.73. The van der Waals surface area contributed by atoms with Crippen LogP contribution in [0.3, 0.4) is 0 Å². The van der Waals surface area contributed by atoms with Gasteiger partial charge in [0.05, 0.1) is 18.1 Å². The molecule has 21 heavy (non-hydrogen) atoms. The van der Waals surface area contributed by atoms with Crippen LogP contribution in [0.1, 0.15) is 12.5 Å². The molecule has 0 bridgehead atoms. The summed E-state index contributed by atoms with van der Waals surface area (Å²) in [5.74, 6) is -0.460. The van der Waals surface area contributed by atoms with Gasteiger partial charge in [0.1, 0.15) is 5.82 Å². The number of nitro benzene ring substituents is 1. The summed E-state index contributed by atoms with van der Waals surface area (Å²) in [5.41, 5.74) is 0.316. The van der Waals surface area contributed by atoms with E-state index in [1.807, 2.05) is 6.92 Å². The van der Waals surface area contributed by atoms with Crippen molar-refractivity contribution in [2.75, 3.05) is 32.8 Å². The van der Waals surface area contributed by atoms with Crippen molar-refractivity contribution in [3.05, 3.63) is 39.7 Å². The molecule has 0 aliphatic carbocycles. The average Bonchev–Trinajstić information content (AvgIpc) is 2.46.